The van der Waals surface area contributed by atoms with E-state index in [9.17, 15) is 4.79 Å². The van der Waals surface area contributed by atoms with Crippen LogP contribution in [-0.2, 0) is 0 Å². The molecule has 2 rings (SSSR count). The van der Waals surface area contributed by atoms with Crippen LogP contribution in [0, 0.1) is 0 Å². The Labute approximate surface area is 243 Å². The molecule has 0 spiro atoms. The molecule has 0 heterocycles. The number of allylic oxidation sites excluding steroid dienone is 1. The highest BCUT2D eigenvalue weighted by atomic mass is 16.5. The van der Waals surface area contributed by atoms with Gasteiger partial charge in [0.2, 0.25) is 0 Å². The van der Waals surface area contributed by atoms with Gasteiger partial charge >= 0.3 is 0 Å². The first kappa shape index (κ1) is 33.3. The summed E-state index contributed by atoms with van der Waals surface area (Å²) in [5.74, 6) is 2.58. The van der Waals surface area contributed by atoms with E-state index in [1.165, 1.54) is 0 Å². The highest BCUT2D eigenvalue weighted by molar-refractivity contribution is 6.09. The normalized spacial score (nSPS) is 11.1. The molecule has 0 radical (unpaired) electrons. The Morgan fingerprint density at radius 1 is 0.625 bits per heavy atom. The second-order valence-electron chi connectivity index (χ2n) is 10.3. The van der Waals surface area contributed by atoms with Crippen LogP contribution in [0.2, 0.25) is 0 Å². The fourth-order valence-electron chi connectivity index (χ4n) is 4.24. The van der Waals surface area contributed by atoms with Crippen LogP contribution in [0.4, 0.5) is 0 Å². The Morgan fingerprint density at radius 2 is 1.18 bits per heavy atom. The molecule has 2 aromatic rings. The minimum absolute atomic E-state index is 0.129. The molecule has 0 N–H and O–H groups in total. The number of carbonyl (C=O) groups excluding carboxylic acids is 1. The topological polar surface area (TPSA) is 54.0 Å². The van der Waals surface area contributed by atoms with Crippen molar-refractivity contribution in [3.63, 3.8) is 0 Å². The van der Waals surface area contributed by atoms with Gasteiger partial charge in [-0.05, 0) is 68.2 Å². The van der Waals surface area contributed by atoms with Crippen molar-refractivity contribution >= 4 is 11.9 Å². The van der Waals surface area contributed by atoms with E-state index < -0.39 is 0 Å². The van der Waals surface area contributed by atoms with Gasteiger partial charge in [0.25, 0.3) is 0 Å². The molecule has 0 unspecified atom stereocenters. The van der Waals surface area contributed by atoms with Crippen LogP contribution >= 0.6 is 0 Å². The summed E-state index contributed by atoms with van der Waals surface area (Å²) in [6, 6.07) is 11.4. The average Bonchev–Trinajstić information content (AvgIpc) is 2.97. The summed E-state index contributed by atoms with van der Waals surface area (Å²) in [5, 5.41) is 0. The van der Waals surface area contributed by atoms with E-state index in [1.54, 1.807) is 6.08 Å². The number of hydrogen-bond donors (Lipinski definition) is 0. The van der Waals surface area contributed by atoms with Crippen molar-refractivity contribution in [1.29, 1.82) is 0 Å². The summed E-state index contributed by atoms with van der Waals surface area (Å²) in [6.07, 6.45) is 16.3. The van der Waals surface area contributed by atoms with Crippen molar-refractivity contribution in [2.45, 2.75) is 105 Å². The Balaban J connectivity index is 2.27. The highest BCUT2D eigenvalue weighted by Crippen LogP contribution is 2.33. The van der Waals surface area contributed by atoms with E-state index >= 15 is 0 Å². The van der Waals surface area contributed by atoms with Gasteiger partial charge in [-0.15, -0.1) is 0 Å². The molecular weight excluding hydrogens is 500 g/mol. The maximum absolute atomic E-state index is 13.5. The fourth-order valence-corrected chi connectivity index (χ4v) is 4.24. The third-order valence-corrected chi connectivity index (χ3v) is 6.66. The molecule has 0 saturated carbocycles. The van der Waals surface area contributed by atoms with Crippen molar-refractivity contribution in [1.82, 2.24) is 0 Å². The highest BCUT2D eigenvalue weighted by Gasteiger charge is 2.16. The van der Waals surface area contributed by atoms with Gasteiger partial charge in [0.05, 0.1) is 32.0 Å². The molecule has 0 aromatic heterocycles. The van der Waals surface area contributed by atoms with E-state index in [0.29, 0.717) is 43.5 Å². The van der Waals surface area contributed by atoms with Gasteiger partial charge in [0, 0.05) is 5.56 Å². The SMILES string of the molecule is CCCCCOc1ccc(OCCCCC)c(/C=C/C(=O)c2cccc(OCCCCC)c2OCCCCC)c1. The molecule has 0 atom stereocenters. The smallest absolute Gasteiger partial charge is 0.189 e. The Hall–Kier alpha value is -2.95. The van der Waals surface area contributed by atoms with Gasteiger partial charge in [-0.1, -0.05) is 85.1 Å². The van der Waals surface area contributed by atoms with Crippen LogP contribution in [0.25, 0.3) is 6.08 Å². The summed E-state index contributed by atoms with van der Waals surface area (Å²) in [6.45, 7) is 11.2. The second-order valence-corrected chi connectivity index (χ2v) is 10.3. The number of para-hydroxylation sites is 1. The van der Waals surface area contributed by atoms with Crippen molar-refractivity contribution in [2.24, 2.45) is 0 Å². The lowest BCUT2D eigenvalue weighted by Crippen LogP contribution is -2.07. The first-order valence-electron chi connectivity index (χ1n) is 15.6. The number of unbranched alkanes of at least 4 members (excludes halogenated alkanes) is 8. The molecule has 2 aromatic carbocycles. The van der Waals surface area contributed by atoms with E-state index in [4.69, 9.17) is 18.9 Å². The lowest BCUT2D eigenvalue weighted by molar-refractivity contribution is 0.104. The summed E-state index contributed by atoms with van der Waals surface area (Å²) < 4.78 is 24.3. The molecule has 5 nitrogen and oxygen atoms in total. The molecule has 0 aliphatic heterocycles. The van der Waals surface area contributed by atoms with Gasteiger partial charge in [0.15, 0.2) is 17.3 Å². The van der Waals surface area contributed by atoms with Gasteiger partial charge < -0.3 is 18.9 Å². The van der Waals surface area contributed by atoms with Crippen LogP contribution < -0.4 is 18.9 Å². The molecule has 0 aliphatic carbocycles. The number of ketones is 1. The first-order chi connectivity index (χ1) is 19.6. The largest absolute Gasteiger partial charge is 0.494 e. The van der Waals surface area contributed by atoms with Crippen LogP contribution in [0.3, 0.4) is 0 Å². The van der Waals surface area contributed by atoms with Crippen LogP contribution in [0.1, 0.15) is 121 Å². The predicted octanol–water partition coefficient (Wildman–Crippen LogP) is 9.86. The summed E-state index contributed by atoms with van der Waals surface area (Å²) in [7, 11) is 0. The standard InChI is InChI=1S/C35H52O5/c1-5-9-13-24-37-30-21-23-33(38-25-14-10-6-2)29(28-30)20-22-32(36)31-18-17-19-34(39-26-15-11-7-3)35(31)40-27-16-12-8-4/h17-23,28H,5-16,24-27H2,1-4H3/b22-20+. The maximum atomic E-state index is 13.5. The second kappa shape index (κ2) is 20.9. The Bertz CT molecular complexity index is 997. The molecule has 0 saturated heterocycles. The van der Waals surface area contributed by atoms with E-state index in [1.807, 2.05) is 42.5 Å². The third kappa shape index (κ3) is 12.5. The van der Waals surface area contributed by atoms with E-state index in [-0.39, 0.29) is 5.78 Å². The zero-order valence-corrected chi connectivity index (χ0v) is 25.5. The third-order valence-electron chi connectivity index (χ3n) is 6.66. The lowest BCUT2D eigenvalue weighted by Gasteiger charge is -2.15. The van der Waals surface area contributed by atoms with Gasteiger partial charge in [-0.3, -0.25) is 4.79 Å². The average molecular weight is 553 g/mol. The molecule has 0 bridgehead atoms. The van der Waals surface area contributed by atoms with E-state index in [0.717, 1.165) is 94.1 Å². The van der Waals surface area contributed by atoms with Gasteiger partial charge in [-0.25, -0.2) is 0 Å². The van der Waals surface area contributed by atoms with E-state index in [2.05, 4.69) is 27.7 Å². The van der Waals surface area contributed by atoms with Crippen molar-refractivity contribution in [2.75, 3.05) is 26.4 Å². The van der Waals surface area contributed by atoms with Crippen LogP contribution in [0.15, 0.2) is 42.5 Å². The van der Waals surface area contributed by atoms with Crippen LogP contribution in [0.5, 0.6) is 23.0 Å². The summed E-state index contributed by atoms with van der Waals surface area (Å²) in [5.41, 5.74) is 1.34. The summed E-state index contributed by atoms with van der Waals surface area (Å²) >= 11 is 0. The summed E-state index contributed by atoms with van der Waals surface area (Å²) in [4.78, 5) is 13.5. The zero-order chi connectivity index (χ0) is 28.8. The Kier molecular flexibility index (Phi) is 17.4. The molecule has 40 heavy (non-hydrogen) atoms. The van der Waals surface area contributed by atoms with Crippen molar-refractivity contribution in [3.05, 3.63) is 53.6 Å². The van der Waals surface area contributed by atoms with Gasteiger partial charge in [0.1, 0.15) is 11.5 Å². The molecule has 222 valence electrons. The molecule has 5 heteroatoms. The predicted molar refractivity (Wildman–Crippen MR) is 166 cm³/mol. The zero-order valence-electron chi connectivity index (χ0n) is 25.5. The molecular formula is C35H52O5. The first-order valence-corrected chi connectivity index (χ1v) is 15.6. The number of ether oxygens (including phenoxy) is 4. The fraction of sp³-hybridized carbons (Fsp3) is 0.571. The quantitative estimate of drug-likeness (QED) is 0.0780. The van der Waals surface area contributed by atoms with Crippen molar-refractivity contribution in [3.8, 4) is 23.0 Å². The molecule has 0 fully saturated rings. The van der Waals surface area contributed by atoms with Gasteiger partial charge in [-0.2, -0.15) is 0 Å². The Morgan fingerprint density at radius 3 is 1.77 bits per heavy atom. The number of hydrogen-bond acceptors (Lipinski definition) is 5. The number of benzene rings is 2. The number of rotatable bonds is 23. The minimum Gasteiger partial charge on any atom is -0.494 e. The number of carbonyl (C=O) groups is 1. The monoisotopic (exact) mass is 552 g/mol. The lowest BCUT2D eigenvalue weighted by atomic mass is 10.1. The maximum Gasteiger partial charge on any atom is 0.189 e. The minimum atomic E-state index is -0.129. The van der Waals surface area contributed by atoms with Crippen molar-refractivity contribution < 1.29 is 23.7 Å². The molecule has 0 amide bonds. The van der Waals surface area contributed by atoms with Crippen LogP contribution in [-0.4, -0.2) is 32.2 Å². The molecule has 0 aliphatic rings.